The number of nitrogens with zero attached hydrogens (tertiary/aromatic N) is 1. The quantitative estimate of drug-likeness (QED) is 0.906. The first-order chi connectivity index (χ1) is 10.7. The fourth-order valence-electron chi connectivity index (χ4n) is 2.59. The Bertz CT molecular complexity index is 650. The third-order valence-electron chi connectivity index (χ3n) is 3.77. The Hall–Kier alpha value is -1.95. The lowest BCUT2D eigenvalue weighted by molar-refractivity contribution is -0.128. The zero-order chi connectivity index (χ0) is 15.4. The summed E-state index contributed by atoms with van der Waals surface area (Å²) in [4.78, 5) is 28.4. The molecular formula is C16H19N3O2S. The highest BCUT2D eigenvalue weighted by Crippen LogP contribution is 2.22. The smallest absolute Gasteiger partial charge is 0.242 e. The van der Waals surface area contributed by atoms with E-state index >= 15 is 0 Å². The largest absolute Gasteiger partial charge is 0.354 e. The van der Waals surface area contributed by atoms with Crippen molar-refractivity contribution in [1.29, 1.82) is 0 Å². The molecule has 0 radical (unpaired) electrons. The van der Waals surface area contributed by atoms with Gasteiger partial charge in [0.05, 0.1) is 15.2 Å². The Labute approximate surface area is 133 Å². The average Bonchev–Trinajstić information content (AvgIpc) is 2.83. The van der Waals surface area contributed by atoms with Crippen LogP contribution >= 0.6 is 11.3 Å². The maximum Gasteiger partial charge on any atom is 0.242 e. The molecule has 1 fully saturated rings. The first-order valence-corrected chi connectivity index (χ1v) is 8.45. The van der Waals surface area contributed by atoms with Gasteiger partial charge < -0.3 is 10.6 Å². The summed E-state index contributed by atoms with van der Waals surface area (Å²) < 4.78 is 1.14. The molecule has 1 aliphatic heterocycles. The predicted octanol–water partition coefficient (Wildman–Crippen LogP) is 2.01. The van der Waals surface area contributed by atoms with Gasteiger partial charge in [-0.2, -0.15) is 0 Å². The maximum absolute atomic E-state index is 12.0. The number of fused-ring (bicyclic) bond motifs is 1. The minimum Gasteiger partial charge on any atom is -0.354 e. The Balaban J connectivity index is 1.54. The summed E-state index contributed by atoms with van der Waals surface area (Å²) in [6.45, 7) is 0.705. The van der Waals surface area contributed by atoms with Crippen LogP contribution in [-0.4, -0.2) is 29.4 Å². The van der Waals surface area contributed by atoms with Gasteiger partial charge in [-0.15, -0.1) is 11.3 Å². The molecule has 2 N–H and O–H groups in total. The topological polar surface area (TPSA) is 71.1 Å². The molecule has 0 spiro atoms. The number of aromatic nitrogens is 1. The summed E-state index contributed by atoms with van der Waals surface area (Å²) in [6, 6.07) is 7.58. The first kappa shape index (κ1) is 15.0. The van der Waals surface area contributed by atoms with Gasteiger partial charge in [0.1, 0.15) is 6.04 Å². The SMILES string of the molecule is O=C(CCc1nc2ccccc2s1)NC1CCCCNC1=O. The van der Waals surface area contributed by atoms with Crippen molar-refractivity contribution in [1.82, 2.24) is 15.6 Å². The fourth-order valence-corrected chi connectivity index (χ4v) is 3.56. The van der Waals surface area contributed by atoms with E-state index in [4.69, 9.17) is 0 Å². The zero-order valence-electron chi connectivity index (χ0n) is 12.3. The molecule has 6 heteroatoms. The van der Waals surface area contributed by atoms with Crippen LogP contribution in [0.2, 0.25) is 0 Å². The van der Waals surface area contributed by atoms with E-state index in [9.17, 15) is 9.59 Å². The maximum atomic E-state index is 12.0. The molecule has 1 aromatic carbocycles. The van der Waals surface area contributed by atoms with Gasteiger partial charge in [-0.25, -0.2) is 4.98 Å². The molecule has 22 heavy (non-hydrogen) atoms. The molecular weight excluding hydrogens is 298 g/mol. The van der Waals surface area contributed by atoms with Gasteiger partial charge in [-0.05, 0) is 31.4 Å². The number of aryl methyl sites for hydroxylation is 1. The number of benzene rings is 1. The monoisotopic (exact) mass is 317 g/mol. The Kier molecular flexibility index (Phi) is 4.68. The first-order valence-electron chi connectivity index (χ1n) is 7.64. The molecule has 0 saturated carbocycles. The second-order valence-corrected chi connectivity index (χ2v) is 6.60. The fraction of sp³-hybridized carbons (Fsp3) is 0.438. The highest BCUT2D eigenvalue weighted by atomic mass is 32.1. The van der Waals surface area contributed by atoms with Crippen LogP contribution in [0.4, 0.5) is 0 Å². The van der Waals surface area contributed by atoms with E-state index in [0.29, 0.717) is 19.4 Å². The van der Waals surface area contributed by atoms with E-state index in [2.05, 4.69) is 15.6 Å². The van der Waals surface area contributed by atoms with E-state index in [-0.39, 0.29) is 17.9 Å². The number of carbonyl (C=O) groups excluding carboxylic acids is 2. The van der Waals surface area contributed by atoms with Gasteiger partial charge in [0.25, 0.3) is 0 Å². The van der Waals surface area contributed by atoms with Crippen molar-refractivity contribution in [2.24, 2.45) is 0 Å². The molecule has 2 aromatic rings. The van der Waals surface area contributed by atoms with Crippen LogP contribution in [0.1, 0.15) is 30.7 Å². The summed E-state index contributed by atoms with van der Waals surface area (Å²) >= 11 is 1.62. The van der Waals surface area contributed by atoms with Gasteiger partial charge in [0, 0.05) is 19.4 Å². The van der Waals surface area contributed by atoms with Gasteiger partial charge >= 0.3 is 0 Å². The summed E-state index contributed by atoms with van der Waals surface area (Å²) in [5, 5.41) is 6.63. The van der Waals surface area contributed by atoms with E-state index in [0.717, 1.165) is 34.5 Å². The normalized spacial score (nSPS) is 18.7. The molecule has 1 aromatic heterocycles. The van der Waals surface area contributed by atoms with Gasteiger partial charge in [0.2, 0.25) is 11.8 Å². The second kappa shape index (κ2) is 6.87. The van der Waals surface area contributed by atoms with Gasteiger partial charge in [0.15, 0.2) is 0 Å². The molecule has 3 rings (SSSR count). The lowest BCUT2D eigenvalue weighted by atomic mass is 10.1. The highest BCUT2D eigenvalue weighted by Gasteiger charge is 2.22. The van der Waals surface area contributed by atoms with Gasteiger partial charge in [-0.1, -0.05) is 12.1 Å². The van der Waals surface area contributed by atoms with Crippen LogP contribution in [0.15, 0.2) is 24.3 Å². The third kappa shape index (κ3) is 3.62. The minimum absolute atomic E-state index is 0.0640. The van der Waals surface area contributed by atoms with Crippen LogP contribution in [0, 0.1) is 0 Å². The number of thiazole rings is 1. The van der Waals surface area contributed by atoms with Crippen LogP contribution < -0.4 is 10.6 Å². The molecule has 2 amide bonds. The summed E-state index contributed by atoms with van der Waals surface area (Å²) in [7, 11) is 0. The van der Waals surface area contributed by atoms with Crippen LogP contribution in [-0.2, 0) is 16.0 Å². The zero-order valence-corrected chi connectivity index (χ0v) is 13.1. The van der Waals surface area contributed by atoms with Crippen molar-refractivity contribution >= 4 is 33.4 Å². The van der Waals surface area contributed by atoms with Crippen LogP contribution in [0.5, 0.6) is 0 Å². The summed E-state index contributed by atoms with van der Waals surface area (Å²) in [5.41, 5.74) is 0.978. The van der Waals surface area contributed by atoms with Crippen LogP contribution in [0.25, 0.3) is 10.2 Å². The Morgan fingerprint density at radius 3 is 3.09 bits per heavy atom. The van der Waals surface area contributed by atoms with E-state index in [1.54, 1.807) is 11.3 Å². The lowest BCUT2D eigenvalue weighted by Crippen LogP contribution is -2.45. The molecule has 2 heterocycles. The van der Waals surface area contributed by atoms with Crippen LogP contribution in [0.3, 0.4) is 0 Å². The molecule has 0 aliphatic carbocycles. The lowest BCUT2D eigenvalue weighted by Gasteiger charge is -2.14. The second-order valence-electron chi connectivity index (χ2n) is 5.48. The molecule has 116 valence electrons. The Morgan fingerprint density at radius 2 is 2.23 bits per heavy atom. The molecule has 1 unspecified atom stereocenters. The number of hydrogen-bond acceptors (Lipinski definition) is 4. The van der Waals surface area contributed by atoms with Crippen molar-refractivity contribution in [3.05, 3.63) is 29.3 Å². The Morgan fingerprint density at radius 1 is 1.36 bits per heavy atom. The highest BCUT2D eigenvalue weighted by molar-refractivity contribution is 7.18. The number of para-hydroxylation sites is 1. The van der Waals surface area contributed by atoms with E-state index in [1.165, 1.54) is 0 Å². The molecule has 5 nitrogen and oxygen atoms in total. The average molecular weight is 317 g/mol. The standard InChI is InChI=1S/C16H19N3O2S/c20-14(18-12-6-3-4-10-17-16(12)21)8-9-15-19-11-5-1-2-7-13(11)22-15/h1-2,5,7,12H,3-4,6,8-10H2,(H,17,21)(H,18,20). The third-order valence-corrected chi connectivity index (χ3v) is 4.87. The molecule has 1 saturated heterocycles. The number of rotatable bonds is 4. The van der Waals surface area contributed by atoms with E-state index < -0.39 is 0 Å². The predicted molar refractivity (Wildman–Crippen MR) is 86.7 cm³/mol. The number of carbonyl (C=O) groups is 2. The number of amides is 2. The van der Waals surface area contributed by atoms with Crippen molar-refractivity contribution in [2.45, 2.75) is 38.1 Å². The molecule has 1 aliphatic rings. The van der Waals surface area contributed by atoms with E-state index in [1.807, 2.05) is 24.3 Å². The van der Waals surface area contributed by atoms with Gasteiger partial charge in [-0.3, -0.25) is 9.59 Å². The summed E-state index contributed by atoms with van der Waals surface area (Å²) in [5.74, 6) is -0.146. The molecule has 1 atom stereocenters. The summed E-state index contributed by atoms with van der Waals surface area (Å²) in [6.07, 6.45) is 3.63. The van der Waals surface area contributed by atoms with Crippen molar-refractivity contribution in [3.8, 4) is 0 Å². The minimum atomic E-state index is -0.384. The number of hydrogen-bond donors (Lipinski definition) is 2. The number of nitrogens with one attached hydrogen (secondary N) is 2. The van der Waals surface area contributed by atoms with Crippen molar-refractivity contribution < 1.29 is 9.59 Å². The molecule has 0 bridgehead atoms. The van der Waals surface area contributed by atoms with Crippen molar-refractivity contribution in [3.63, 3.8) is 0 Å². The van der Waals surface area contributed by atoms with Crippen molar-refractivity contribution in [2.75, 3.05) is 6.54 Å².